The van der Waals surface area contributed by atoms with Crippen LogP contribution < -0.4 is 11.2 Å². The first kappa shape index (κ1) is 29.4. The van der Waals surface area contributed by atoms with E-state index in [1.165, 1.54) is 11.7 Å². The number of methoxy groups -OCH3 is 1. The van der Waals surface area contributed by atoms with Crippen LogP contribution in [-0.4, -0.2) is 52.4 Å². The SMILES string of the molecule is CCCc1nc2c(c(=O)n(CC(=O)OC)c(=O)n2C(C)c2ccccc2)n1Cc1ccc(-c2ccccc2-c2nn[nH]n2)cc1. The second kappa shape index (κ2) is 12.5. The van der Waals surface area contributed by atoms with E-state index in [4.69, 9.17) is 9.72 Å². The second-order valence-electron chi connectivity index (χ2n) is 10.7. The van der Waals surface area contributed by atoms with Gasteiger partial charge in [0, 0.05) is 18.5 Å². The summed E-state index contributed by atoms with van der Waals surface area (Å²) in [5, 5.41) is 14.5. The molecule has 12 nitrogen and oxygen atoms in total. The number of benzene rings is 3. The number of H-pyrrole nitrogens is 1. The van der Waals surface area contributed by atoms with E-state index in [-0.39, 0.29) is 11.2 Å². The number of hydrogen-bond donors (Lipinski definition) is 1. The number of tetrazole rings is 1. The Kier molecular flexibility index (Phi) is 8.19. The van der Waals surface area contributed by atoms with Crippen LogP contribution in [0.4, 0.5) is 0 Å². The fraction of sp³-hybridized carbons (Fsp3) is 0.242. The molecular formula is C33H32N8O4. The summed E-state index contributed by atoms with van der Waals surface area (Å²) in [7, 11) is 1.23. The van der Waals surface area contributed by atoms with E-state index in [1.807, 2.05) is 97.3 Å². The molecule has 0 saturated heterocycles. The number of rotatable bonds is 10. The maximum absolute atomic E-state index is 14.0. The molecule has 1 unspecified atom stereocenters. The molecule has 6 rings (SSSR count). The second-order valence-corrected chi connectivity index (χ2v) is 10.7. The molecule has 0 radical (unpaired) electrons. The molecule has 3 aromatic carbocycles. The van der Waals surface area contributed by atoms with Crippen molar-refractivity contribution in [1.82, 2.24) is 39.3 Å². The van der Waals surface area contributed by atoms with Gasteiger partial charge in [0.15, 0.2) is 11.2 Å². The van der Waals surface area contributed by atoms with E-state index < -0.39 is 29.8 Å². The molecule has 1 atom stereocenters. The fourth-order valence-corrected chi connectivity index (χ4v) is 5.63. The number of carbonyl (C=O) groups excluding carboxylic acids is 1. The molecular weight excluding hydrogens is 572 g/mol. The molecule has 6 aromatic rings. The molecule has 0 aliphatic carbocycles. The van der Waals surface area contributed by atoms with E-state index in [0.29, 0.717) is 24.6 Å². The van der Waals surface area contributed by atoms with Gasteiger partial charge in [-0.25, -0.2) is 14.3 Å². The number of aryl methyl sites for hydroxylation is 1. The number of nitrogens with zero attached hydrogens (tertiary/aromatic N) is 7. The smallest absolute Gasteiger partial charge is 0.333 e. The van der Waals surface area contributed by atoms with Crippen LogP contribution in [0.5, 0.6) is 0 Å². The zero-order valence-corrected chi connectivity index (χ0v) is 25.2. The highest BCUT2D eigenvalue weighted by atomic mass is 16.5. The Morgan fingerprint density at radius 1 is 0.933 bits per heavy atom. The lowest BCUT2D eigenvalue weighted by molar-refractivity contribution is -0.141. The van der Waals surface area contributed by atoms with Gasteiger partial charge in [-0.3, -0.25) is 14.2 Å². The first-order valence-electron chi connectivity index (χ1n) is 14.7. The highest BCUT2D eigenvalue weighted by Gasteiger charge is 2.25. The Balaban J connectivity index is 1.48. The van der Waals surface area contributed by atoms with Gasteiger partial charge in [-0.1, -0.05) is 85.8 Å². The maximum atomic E-state index is 14.0. The molecule has 0 amide bonds. The van der Waals surface area contributed by atoms with Gasteiger partial charge in [-0.2, -0.15) is 5.21 Å². The highest BCUT2D eigenvalue weighted by Crippen LogP contribution is 2.30. The van der Waals surface area contributed by atoms with Gasteiger partial charge >= 0.3 is 11.7 Å². The highest BCUT2D eigenvalue weighted by molar-refractivity contribution is 5.80. The van der Waals surface area contributed by atoms with E-state index in [2.05, 4.69) is 20.6 Å². The summed E-state index contributed by atoms with van der Waals surface area (Å²) in [6.07, 6.45) is 1.37. The normalized spacial score (nSPS) is 12.0. The number of imidazole rings is 1. The average Bonchev–Trinajstić information content (AvgIpc) is 3.73. The standard InChI is InChI=1S/C33H32N8O4/c1-4-10-27-34-31-29(32(43)40(20-28(42)45-3)33(44)41(31)21(2)23-11-6-5-7-12-23)39(27)19-22-15-17-24(18-16-22)25-13-8-9-14-26(25)30-35-37-38-36-30/h5-9,11-18,21H,4,10,19-20H2,1-3H3,(H,35,36,37,38). The van der Waals surface area contributed by atoms with Crippen molar-refractivity contribution in [2.75, 3.05) is 7.11 Å². The lowest BCUT2D eigenvalue weighted by Crippen LogP contribution is -2.43. The minimum absolute atomic E-state index is 0.260. The number of esters is 1. The summed E-state index contributed by atoms with van der Waals surface area (Å²) >= 11 is 0. The van der Waals surface area contributed by atoms with Gasteiger partial charge in [-0.15, -0.1) is 10.2 Å². The molecule has 1 N–H and O–H groups in total. The molecule has 0 fully saturated rings. The molecule has 0 aliphatic heterocycles. The fourth-order valence-electron chi connectivity index (χ4n) is 5.63. The van der Waals surface area contributed by atoms with Crippen LogP contribution in [0.25, 0.3) is 33.7 Å². The van der Waals surface area contributed by atoms with Crippen LogP contribution in [0, 0.1) is 0 Å². The third kappa shape index (κ3) is 5.57. The first-order valence-corrected chi connectivity index (χ1v) is 14.7. The summed E-state index contributed by atoms with van der Waals surface area (Å²) in [6, 6.07) is 24.9. The first-order chi connectivity index (χ1) is 21.9. The Morgan fingerprint density at radius 3 is 2.31 bits per heavy atom. The van der Waals surface area contributed by atoms with Crippen molar-refractivity contribution in [2.24, 2.45) is 0 Å². The van der Waals surface area contributed by atoms with Crippen molar-refractivity contribution in [2.45, 2.75) is 45.8 Å². The lowest BCUT2D eigenvalue weighted by atomic mass is 9.98. The number of ether oxygens (including phenoxy) is 1. The largest absolute Gasteiger partial charge is 0.468 e. The monoisotopic (exact) mass is 604 g/mol. The molecule has 0 spiro atoms. The molecule has 0 bridgehead atoms. The zero-order valence-electron chi connectivity index (χ0n) is 25.2. The molecule has 45 heavy (non-hydrogen) atoms. The van der Waals surface area contributed by atoms with Gasteiger partial charge in [0.05, 0.1) is 13.2 Å². The van der Waals surface area contributed by atoms with Crippen LogP contribution in [0.2, 0.25) is 0 Å². The van der Waals surface area contributed by atoms with Gasteiger partial charge < -0.3 is 9.30 Å². The van der Waals surface area contributed by atoms with Crippen molar-refractivity contribution in [1.29, 1.82) is 0 Å². The maximum Gasteiger partial charge on any atom is 0.333 e. The number of hydrogen-bond acceptors (Lipinski definition) is 8. The summed E-state index contributed by atoms with van der Waals surface area (Å²) in [4.78, 5) is 45.1. The molecule has 0 saturated carbocycles. The van der Waals surface area contributed by atoms with Crippen LogP contribution in [0.15, 0.2) is 88.5 Å². The van der Waals surface area contributed by atoms with E-state index >= 15 is 0 Å². The van der Waals surface area contributed by atoms with Crippen LogP contribution in [-0.2, 0) is 29.0 Å². The molecule has 228 valence electrons. The number of fused-ring (bicyclic) bond motifs is 1. The van der Waals surface area contributed by atoms with Crippen molar-refractivity contribution in [3.05, 3.63) is 117 Å². The van der Waals surface area contributed by atoms with Crippen molar-refractivity contribution in [3.8, 4) is 22.5 Å². The predicted octanol–water partition coefficient (Wildman–Crippen LogP) is 3.99. The molecule has 12 heteroatoms. The number of carbonyl (C=O) groups is 1. The van der Waals surface area contributed by atoms with Gasteiger partial charge in [-0.05, 0) is 40.8 Å². The third-order valence-corrected chi connectivity index (χ3v) is 7.92. The number of aromatic nitrogens is 8. The van der Waals surface area contributed by atoms with Crippen molar-refractivity contribution in [3.63, 3.8) is 0 Å². The Hall–Kier alpha value is -5.65. The Bertz CT molecular complexity index is 2080. The topological polar surface area (TPSA) is 143 Å². The van der Waals surface area contributed by atoms with Crippen LogP contribution >= 0.6 is 0 Å². The summed E-state index contributed by atoms with van der Waals surface area (Å²) < 4.78 is 9.14. The molecule has 3 heterocycles. The number of nitrogens with one attached hydrogen (secondary N) is 1. The average molecular weight is 605 g/mol. The van der Waals surface area contributed by atoms with Gasteiger partial charge in [0.2, 0.25) is 5.82 Å². The van der Waals surface area contributed by atoms with E-state index in [9.17, 15) is 14.4 Å². The summed E-state index contributed by atoms with van der Waals surface area (Å²) in [5.41, 5.74) is 3.91. The minimum Gasteiger partial charge on any atom is -0.468 e. The van der Waals surface area contributed by atoms with E-state index in [0.717, 1.165) is 38.8 Å². The zero-order chi connectivity index (χ0) is 31.5. The summed E-state index contributed by atoms with van der Waals surface area (Å²) in [5.74, 6) is 0.493. The molecule has 3 aromatic heterocycles. The van der Waals surface area contributed by atoms with E-state index in [1.54, 1.807) is 0 Å². The lowest BCUT2D eigenvalue weighted by Gasteiger charge is -2.18. The molecule has 0 aliphatic rings. The van der Waals surface area contributed by atoms with Crippen molar-refractivity contribution >= 4 is 17.1 Å². The van der Waals surface area contributed by atoms with Crippen LogP contribution in [0.3, 0.4) is 0 Å². The van der Waals surface area contributed by atoms with Crippen LogP contribution in [0.1, 0.15) is 43.3 Å². The Labute approximate surface area is 257 Å². The van der Waals surface area contributed by atoms with Gasteiger partial charge in [0.1, 0.15) is 12.4 Å². The number of aromatic amines is 1. The van der Waals surface area contributed by atoms with Crippen molar-refractivity contribution < 1.29 is 9.53 Å². The third-order valence-electron chi connectivity index (χ3n) is 7.92. The quantitative estimate of drug-likeness (QED) is 0.231. The van der Waals surface area contributed by atoms with Gasteiger partial charge in [0.25, 0.3) is 5.56 Å². The summed E-state index contributed by atoms with van der Waals surface area (Å²) in [6.45, 7) is 3.75. The predicted molar refractivity (Wildman–Crippen MR) is 169 cm³/mol. The minimum atomic E-state index is -0.691. The Morgan fingerprint density at radius 2 is 1.64 bits per heavy atom.